The van der Waals surface area contributed by atoms with Crippen LogP contribution < -0.4 is 0 Å². The molecule has 0 fully saturated rings. The highest BCUT2D eigenvalue weighted by Gasteiger charge is 2.27. The lowest BCUT2D eigenvalue weighted by molar-refractivity contribution is -0.954. The third kappa shape index (κ3) is 18.1. The van der Waals surface area contributed by atoms with Crippen LogP contribution in [0.1, 0.15) is 141 Å². The zero-order chi connectivity index (χ0) is 29.1. The molecule has 1 nitrogen and oxygen atoms in total. The van der Waals surface area contributed by atoms with Crippen molar-refractivity contribution in [3.05, 3.63) is 96.1 Å². The number of quaternary nitrogens is 1. The Hall–Kier alpha value is -2.12. The normalized spacial score (nSPS) is 12.1. The summed E-state index contributed by atoms with van der Waals surface area (Å²) in [5.74, 6) is 0. The zero-order valence-corrected chi connectivity index (χ0v) is 27.1. The van der Waals surface area contributed by atoms with Crippen LogP contribution >= 0.6 is 0 Å². The number of hydrogen-bond acceptors (Lipinski definition) is 0. The molecular formula is C40H64N+. The summed E-state index contributed by atoms with van der Waals surface area (Å²) in [7, 11) is 0. The van der Waals surface area contributed by atoms with Gasteiger partial charge < -0.3 is 4.48 Å². The van der Waals surface area contributed by atoms with Crippen LogP contribution in [-0.4, -0.2) is 17.6 Å². The molecular weight excluding hydrogens is 494 g/mol. The quantitative estimate of drug-likeness (QED) is 0.0612. The monoisotopic (exact) mass is 559 g/mol. The smallest absolute Gasteiger partial charge is 0.105 e. The van der Waals surface area contributed by atoms with Crippen molar-refractivity contribution in [3.8, 4) is 0 Å². The van der Waals surface area contributed by atoms with E-state index < -0.39 is 0 Å². The van der Waals surface area contributed by atoms with Crippen molar-refractivity contribution < 1.29 is 4.48 Å². The summed E-state index contributed by atoms with van der Waals surface area (Å²) >= 11 is 0. The molecule has 2 aromatic rings. The Balaban J connectivity index is 1.88. The van der Waals surface area contributed by atoms with Crippen molar-refractivity contribution in [1.29, 1.82) is 0 Å². The van der Waals surface area contributed by atoms with Crippen LogP contribution in [-0.2, 0) is 13.1 Å². The van der Waals surface area contributed by atoms with Gasteiger partial charge in [0.1, 0.15) is 13.1 Å². The lowest BCUT2D eigenvalue weighted by Gasteiger charge is -2.39. The van der Waals surface area contributed by atoms with Crippen molar-refractivity contribution in [2.45, 2.75) is 143 Å². The summed E-state index contributed by atoms with van der Waals surface area (Å²) in [6, 6.07) is 22.6. The van der Waals surface area contributed by atoms with Crippen LogP contribution in [0.5, 0.6) is 0 Å². The van der Waals surface area contributed by atoms with E-state index in [0.717, 1.165) is 13.1 Å². The zero-order valence-electron chi connectivity index (χ0n) is 27.1. The third-order valence-corrected chi connectivity index (χ3v) is 8.51. The molecule has 0 aliphatic rings. The molecule has 0 radical (unpaired) electrons. The fourth-order valence-corrected chi connectivity index (χ4v) is 6.02. The molecule has 0 saturated carbocycles. The lowest BCUT2D eigenvalue weighted by atomic mass is 10.0. The van der Waals surface area contributed by atoms with Crippen molar-refractivity contribution >= 4 is 0 Å². The minimum Gasteiger partial charge on any atom is -0.316 e. The molecule has 2 aromatic carbocycles. The van der Waals surface area contributed by atoms with Crippen molar-refractivity contribution in [2.24, 2.45) is 0 Å². The first-order valence-electron chi connectivity index (χ1n) is 17.5. The highest BCUT2D eigenvalue weighted by molar-refractivity contribution is 5.15. The Morgan fingerprint density at radius 1 is 0.415 bits per heavy atom. The fraction of sp³-hybridized carbons (Fsp3) is 0.600. The van der Waals surface area contributed by atoms with Gasteiger partial charge in [-0.05, 0) is 64.2 Å². The second-order valence-corrected chi connectivity index (χ2v) is 12.4. The van der Waals surface area contributed by atoms with E-state index in [0.29, 0.717) is 0 Å². The number of nitrogens with zero attached hydrogens (tertiary/aromatic N) is 1. The van der Waals surface area contributed by atoms with Crippen LogP contribution in [0, 0.1) is 0 Å². The molecule has 0 aliphatic heterocycles. The minimum atomic E-state index is 1.15. The van der Waals surface area contributed by atoms with Gasteiger partial charge in [0.15, 0.2) is 0 Å². The number of hydrogen-bond donors (Lipinski definition) is 0. The van der Waals surface area contributed by atoms with E-state index in [4.69, 9.17) is 0 Å². The van der Waals surface area contributed by atoms with Crippen molar-refractivity contribution in [3.63, 3.8) is 0 Å². The van der Waals surface area contributed by atoms with Gasteiger partial charge in [-0.2, -0.15) is 0 Å². The molecule has 0 saturated heterocycles. The molecule has 0 atom stereocenters. The van der Waals surface area contributed by atoms with E-state index in [2.05, 4.69) is 98.8 Å². The van der Waals surface area contributed by atoms with E-state index in [1.807, 2.05) is 0 Å². The molecule has 0 amide bonds. The van der Waals surface area contributed by atoms with Gasteiger partial charge in [-0.3, -0.25) is 0 Å². The topological polar surface area (TPSA) is 0 Å². The maximum atomic E-state index is 2.42. The first-order chi connectivity index (χ1) is 20.3. The highest BCUT2D eigenvalue weighted by atomic mass is 15.3. The first-order valence-corrected chi connectivity index (χ1v) is 17.5. The Bertz CT molecular complexity index is 806. The summed E-state index contributed by atoms with van der Waals surface area (Å²) < 4.78 is 1.20. The SMILES string of the molecule is CCCC/C=C/CCCCCCC[N+](CCCCCCC/C=C/CCCC)(Cc1ccccc1)Cc1ccccc1. The molecule has 228 valence electrons. The van der Waals surface area contributed by atoms with Gasteiger partial charge >= 0.3 is 0 Å². The Kier molecular flexibility index (Phi) is 20.9. The Labute approximate surface area is 255 Å². The van der Waals surface area contributed by atoms with Gasteiger partial charge in [0.25, 0.3) is 0 Å². The number of benzene rings is 2. The summed E-state index contributed by atoms with van der Waals surface area (Å²) in [4.78, 5) is 0. The third-order valence-electron chi connectivity index (χ3n) is 8.51. The van der Waals surface area contributed by atoms with Gasteiger partial charge in [0.2, 0.25) is 0 Å². The predicted octanol–water partition coefficient (Wildman–Crippen LogP) is 12.4. The van der Waals surface area contributed by atoms with Crippen molar-refractivity contribution in [2.75, 3.05) is 13.1 Å². The molecule has 0 aromatic heterocycles. The second kappa shape index (κ2) is 24.5. The van der Waals surface area contributed by atoms with Gasteiger partial charge in [-0.1, -0.05) is 150 Å². The number of unbranched alkanes of at least 4 members (excludes halogenated alkanes) is 14. The first kappa shape index (κ1) is 35.1. The molecule has 1 heteroatoms. The molecule has 0 spiro atoms. The average molecular weight is 559 g/mol. The second-order valence-electron chi connectivity index (χ2n) is 12.4. The summed E-state index contributed by atoms with van der Waals surface area (Å²) in [5, 5.41) is 0. The Morgan fingerprint density at radius 2 is 0.756 bits per heavy atom. The minimum absolute atomic E-state index is 1.15. The molecule has 2 rings (SSSR count). The molecule has 41 heavy (non-hydrogen) atoms. The van der Waals surface area contributed by atoms with Crippen LogP contribution in [0.15, 0.2) is 85.0 Å². The van der Waals surface area contributed by atoms with E-state index in [1.165, 1.54) is 144 Å². The summed E-state index contributed by atoms with van der Waals surface area (Å²) in [5.41, 5.74) is 2.99. The molecule has 0 aliphatic carbocycles. The lowest BCUT2D eigenvalue weighted by Crippen LogP contribution is -2.48. The molecule has 0 heterocycles. The standard InChI is InChI=1S/C40H64N/c1-3-5-7-9-11-13-15-17-19-21-29-35-41(37-39-31-25-23-26-32-39,38-40-33-27-24-28-34-40)36-30-22-20-18-16-14-12-10-8-6-4-2/h9-12,23-28,31-34H,3-8,13-22,29-30,35-38H2,1-2H3/q+1/b11-9+,12-10+. The Morgan fingerprint density at radius 3 is 1.15 bits per heavy atom. The largest absolute Gasteiger partial charge is 0.316 e. The number of rotatable bonds is 26. The van der Waals surface area contributed by atoms with Crippen LogP contribution in [0.4, 0.5) is 0 Å². The fourth-order valence-electron chi connectivity index (χ4n) is 6.02. The van der Waals surface area contributed by atoms with E-state index in [9.17, 15) is 0 Å². The summed E-state index contributed by atoms with van der Waals surface area (Å²) in [6.45, 7) is 9.45. The average Bonchev–Trinajstić information content (AvgIpc) is 3.00. The van der Waals surface area contributed by atoms with Crippen LogP contribution in [0.2, 0.25) is 0 Å². The maximum absolute atomic E-state index is 2.42. The molecule has 0 N–H and O–H groups in total. The van der Waals surface area contributed by atoms with E-state index in [-0.39, 0.29) is 0 Å². The van der Waals surface area contributed by atoms with Crippen LogP contribution in [0.25, 0.3) is 0 Å². The molecule has 0 unspecified atom stereocenters. The van der Waals surface area contributed by atoms with Crippen LogP contribution in [0.3, 0.4) is 0 Å². The van der Waals surface area contributed by atoms with Gasteiger partial charge in [-0.15, -0.1) is 0 Å². The van der Waals surface area contributed by atoms with E-state index >= 15 is 0 Å². The van der Waals surface area contributed by atoms with Gasteiger partial charge in [0.05, 0.1) is 13.1 Å². The van der Waals surface area contributed by atoms with Crippen molar-refractivity contribution in [1.82, 2.24) is 0 Å². The summed E-state index contributed by atoms with van der Waals surface area (Å²) in [6.07, 6.45) is 33.6. The van der Waals surface area contributed by atoms with E-state index in [1.54, 1.807) is 0 Å². The molecule has 0 bridgehead atoms. The van der Waals surface area contributed by atoms with Gasteiger partial charge in [-0.25, -0.2) is 0 Å². The van der Waals surface area contributed by atoms with Gasteiger partial charge in [0, 0.05) is 11.1 Å². The highest BCUT2D eigenvalue weighted by Crippen LogP contribution is 2.24. The maximum Gasteiger partial charge on any atom is 0.105 e. The number of allylic oxidation sites excluding steroid dienone is 4. The predicted molar refractivity (Wildman–Crippen MR) is 183 cm³/mol.